The number of ether oxygens (including phenoxy) is 4. The summed E-state index contributed by atoms with van der Waals surface area (Å²) < 4.78 is 39.1. The molecule has 566 valence electrons. The molecule has 0 unspecified atom stereocenters. The Labute approximate surface area is 797 Å². The molecule has 0 aromatic rings. The Morgan fingerprint density at radius 1 is 0.213 bits per heavy atom. The van der Waals surface area contributed by atoms with Crippen molar-refractivity contribution in [1.82, 2.24) is 0 Å². The van der Waals surface area contributed by atoms with Gasteiger partial charge in [0.25, 0.3) is 0 Å². The van der Waals surface area contributed by atoms with Crippen molar-refractivity contribution in [2.24, 2.45) is 0 Å². The molecule has 0 spiro atoms. The van der Waals surface area contributed by atoms with Crippen molar-refractivity contribution in [3.8, 4) is 0 Å². The maximum atomic E-state index is 4.94. The van der Waals surface area contributed by atoms with E-state index >= 15 is 0 Å². The minimum atomic E-state index is -1.11. The van der Waals surface area contributed by atoms with Crippen molar-refractivity contribution in [3.05, 3.63) is 57.1 Å². The summed E-state index contributed by atoms with van der Waals surface area (Å²) in [5.41, 5.74) is 0. The standard InChI is InChI=1S/4C6H18NSi2.C6H6.4C4H8O.9C2H6S.Li.4Sm/c4*1-8(2,3)7-9(4,5)6;1-2-4-6-5-3-1;4*1-2-4-5-3-1;9*1-2-3;;;;;/h4*1-6H3;1-6H;4*1-4H2;9*3H,2H2,1H3;;;;;/q4*-1;;;;;;;;;;;;;;;+1;4*+3/p-9. The van der Waals surface area contributed by atoms with E-state index < -0.39 is 65.9 Å². The van der Waals surface area contributed by atoms with Crippen LogP contribution in [0.3, 0.4) is 0 Å². The molecular weight excluding hydrogens is 2010 g/mol. The normalized spacial score (nSPS) is 13.7. The molecule has 1 aliphatic carbocycles. The van der Waals surface area contributed by atoms with Crippen LogP contribution in [0.2, 0.25) is 157 Å². The quantitative estimate of drug-likeness (QED) is 0.171. The van der Waals surface area contributed by atoms with Gasteiger partial charge in [0.1, 0.15) is 0 Å². The van der Waals surface area contributed by atoms with Gasteiger partial charge in [-0.3, -0.25) is 0 Å². The SMILES string of the molecule is C1CCOC1.C1CCOC1.C1CCOC1.C1CCOC1.CC[S-].CC[S-].CC[S-].CC[S-].CC[S-].CC[S-].CC[S-].CC[S-].CC[S-].C[Si](C)(C)[N-][Si](C)(C)C.C[Si](C)(C)[N-][Si](C)(C)C.C[Si](C)(C)[N-][Si](C)(C)C.C[Si](C)(C)[N-][Si](C)(C)C.[CH]1[CH][CH][CH][CH][CH]1.[Li+].[Sm+3].[Sm+3].[Sm+3].[Sm+3]. The van der Waals surface area contributed by atoms with Crippen molar-refractivity contribution in [2.45, 2.75) is 271 Å². The van der Waals surface area contributed by atoms with E-state index in [1.165, 1.54) is 51.4 Å². The van der Waals surface area contributed by atoms with Crippen molar-refractivity contribution >= 4 is 180 Å². The van der Waals surface area contributed by atoms with Crippen LogP contribution >= 0.6 is 0 Å². The Morgan fingerprint density at radius 3 is 0.298 bits per heavy atom. The van der Waals surface area contributed by atoms with Gasteiger partial charge in [0.05, 0.1) is 0 Å². The number of hydrogen-bond donors (Lipinski definition) is 0. The second-order valence-corrected chi connectivity index (χ2v) is 70.4. The van der Waals surface area contributed by atoms with E-state index in [9.17, 15) is 0 Å². The van der Waals surface area contributed by atoms with E-state index in [0.717, 1.165) is 105 Å². The molecule has 4 saturated heterocycles. The minimum Gasteiger partial charge on any atom is -0.793 e. The van der Waals surface area contributed by atoms with Gasteiger partial charge in [0, 0.05) is 52.9 Å². The average Bonchev–Trinajstić information content (AvgIpc) is 4.20. The van der Waals surface area contributed by atoms with Crippen LogP contribution in [0.1, 0.15) is 114 Å². The molecule has 0 N–H and O–H groups in total. The first kappa shape index (κ1) is 150. The summed E-state index contributed by atoms with van der Waals surface area (Å²) in [7, 11) is -8.85. The fourth-order valence-electron chi connectivity index (χ4n) is 6.45. The largest absolute Gasteiger partial charge is 3.00 e. The monoisotopic (exact) mass is 2170 g/mol. The Balaban J connectivity index is -0.0000000412. The summed E-state index contributed by atoms with van der Waals surface area (Å²) in [5, 5.41) is 0. The predicted octanol–water partition coefficient (Wildman–Crippen LogP) is 18.5. The summed E-state index contributed by atoms with van der Waals surface area (Å²) in [4.78, 5) is 0. The molecule has 5 fully saturated rings. The molecule has 5 aliphatic rings. The fraction of sp³-hybridized carbons (Fsp3) is 0.906. The first-order valence-corrected chi connectivity index (χ1v) is 65.8. The van der Waals surface area contributed by atoms with E-state index in [2.05, 4.69) is 271 Å². The number of nitrogens with zero attached hydrogens (tertiary/aromatic N) is 4. The second-order valence-electron chi connectivity index (χ2n) is 26.8. The second kappa shape index (κ2) is 114. The van der Waals surface area contributed by atoms with E-state index in [0.29, 0.717) is 0 Å². The molecule has 10 radical (unpaired) electrons. The number of rotatable bonds is 8. The zero-order valence-electron chi connectivity index (χ0n) is 67.9. The molecule has 5 rings (SSSR count). The van der Waals surface area contributed by atoms with Crippen LogP contribution in [-0.4, -0.2) is 171 Å². The molecule has 0 atom stereocenters. The van der Waals surface area contributed by atoms with Gasteiger partial charge in [-0.1, -0.05) is 285 Å². The summed E-state index contributed by atoms with van der Waals surface area (Å²) in [6.07, 6.45) is 22.2. The van der Waals surface area contributed by atoms with Gasteiger partial charge in [-0.15, -0.1) is 0 Å². The zero-order chi connectivity index (χ0) is 73.6. The minimum absolute atomic E-state index is 0. The third-order valence-corrected chi connectivity index (χ3v) is 28.1. The van der Waals surface area contributed by atoms with Crippen LogP contribution in [0.4, 0.5) is 0 Å². The Hall–Kier alpha value is 10.5. The Kier molecular flexibility index (Phi) is 182. The topological polar surface area (TPSA) is 93.3 Å². The zero-order valence-corrected chi connectivity index (χ0v) is 93.7. The smallest absolute Gasteiger partial charge is 0.793 e. The summed E-state index contributed by atoms with van der Waals surface area (Å²) in [6, 6.07) is 0. The molecule has 4 heterocycles. The molecular formula is C64H155LiN4O4S9Si8Sm4. The third-order valence-electron chi connectivity index (χ3n) is 6.66. The average molecular weight is 2170 g/mol. The van der Waals surface area contributed by atoms with Crippen LogP contribution in [0.25, 0.3) is 18.6 Å². The van der Waals surface area contributed by atoms with Gasteiger partial charge < -0.3 is 151 Å². The van der Waals surface area contributed by atoms with Crippen LogP contribution in [0, 0.1) is 200 Å². The van der Waals surface area contributed by atoms with Crippen LogP contribution in [0.15, 0.2) is 0 Å². The molecule has 0 bridgehead atoms. The first-order chi connectivity index (χ1) is 40.6. The summed E-state index contributed by atoms with van der Waals surface area (Å²) in [5.74, 6) is 7.50. The molecule has 0 aromatic heterocycles. The van der Waals surface area contributed by atoms with Crippen LogP contribution in [0.5, 0.6) is 0 Å². The van der Waals surface area contributed by atoms with Gasteiger partial charge in [-0.25, -0.2) is 0 Å². The molecule has 30 heteroatoms. The Morgan fingerprint density at radius 2 is 0.277 bits per heavy atom. The van der Waals surface area contributed by atoms with E-state index in [1.54, 1.807) is 0 Å². The first-order valence-electron chi connectivity index (χ1n) is 33.1. The van der Waals surface area contributed by atoms with Crippen LogP contribution in [-0.2, 0) is 133 Å². The van der Waals surface area contributed by atoms with Crippen molar-refractivity contribution < 1.29 is 199 Å². The Bertz CT molecular complexity index is 918. The molecule has 94 heavy (non-hydrogen) atoms. The van der Waals surface area contributed by atoms with Crippen molar-refractivity contribution in [2.75, 3.05) is 105 Å². The van der Waals surface area contributed by atoms with Crippen molar-refractivity contribution in [3.63, 3.8) is 0 Å². The van der Waals surface area contributed by atoms with Crippen molar-refractivity contribution in [1.29, 1.82) is 0 Å². The maximum absolute atomic E-state index is 4.94. The molecule has 0 amide bonds. The molecule has 4 aliphatic heterocycles. The molecule has 8 nitrogen and oxygen atoms in total. The van der Waals surface area contributed by atoms with Crippen LogP contribution < -0.4 is 18.9 Å². The van der Waals surface area contributed by atoms with E-state index in [1.807, 2.05) is 101 Å². The molecule has 0 aromatic carbocycles. The molecule has 1 saturated carbocycles. The summed E-state index contributed by atoms with van der Waals surface area (Å²) >= 11 is 39.5. The number of hydrogen-bond acceptors (Lipinski definition) is 13. The van der Waals surface area contributed by atoms with E-state index in [-0.39, 0.29) is 180 Å². The van der Waals surface area contributed by atoms with Gasteiger partial charge in [-0.2, -0.15) is 51.8 Å². The maximum Gasteiger partial charge on any atom is 3.00 e. The summed E-state index contributed by atoms with van der Waals surface area (Å²) in [6.45, 7) is 80.6. The predicted molar refractivity (Wildman–Crippen MR) is 467 cm³/mol. The van der Waals surface area contributed by atoms with Gasteiger partial charge in [-0.05, 0) is 89.9 Å². The third kappa shape index (κ3) is 288. The fourth-order valence-corrected chi connectivity index (χ4v) is 38.7. The van der Waals surface area contributed by atoms with Gasteiger partial charge in [0.2, 0.25) is 0 Å². The van der Waals surface area contributed by atoms with E-state index in [4.69, 9.17) is 37.5 Å². The van der Waals surface area contributed by atoms with Gasteiger partial charge in [0.15, 0.2) is 0 Å². The van der Waals surface area contributed by atoms with Gasteiger partial charge >= 0.3 is 180 Å².